The maximum absolute atomic E-state index is 4.79. The van der Waals surface area contributed by atoms with Crippen molar-refractivity contribution in [3.8, 4) is 0 Å². The highest BCUT2D eigenvalue weighted by Crippen LogP contribution is 2.20. The van der Waals surface area contributed by atoms with Crippen molar-refractivity contribution >= 4 is 59.5 Å². The largest absolute Gasteiger partial charge is 0.0818 e. The van der Waals surface area contributed by atoms with E-state index < -0.39 is 0 Å². The molecule has 0 aliphatic heterocycles. The van der Waals surface area contributed by atoms with E-state index in [1.54, 1.807) is 0 Å². The summed E-state index contributed by atoms with van der Waals surface area (Å²) in [4.78, 5) is 0. The Morgan fingerprint density at radius 3 is 0.750 bits per heavy atom. The van der Waals surface area contributed by atoms with Crippen LogP contribution in [0.4, 0.5) is 0 Å². The Balaban J connectivity index is -0.0000000483. The molecular formula is C2H8Cl4P2. The molecule has 54 valence electrons. The van der Waals surface area contributed by atoms with Crippen LogP contribution < -0.4 is 0 Å². The minimum atomic E-state index is 0.0278. The van der Waals surface area contributed by atoms with E-state index >= 15 is 0 Å². The van der Waals surface area contributed by atoms with Gasteiger partial charge in [-0.05, 0) is 0 Å². The molecule has 6 heteroatoms. The maximum Gasteiger partial charge on any atom is 0.0713 e. The molecule has 0 radical (unpaired) electrons. The van der Waals surface area contributed by atoms with Crippen molar-refractivity contribution in [3.63, 3.8) is 0 Å². The van der Waals surface area contributed by atoms with Crippen molar-refractivity contribution in [2.45, 2.75) is 13.8 Å². The predicted molar refractivity (Wildman–Crippen MR) is 51.4 cm³/mol. The molecule has 0 aromatic carbocycles. The molecule has 0 heterocycles. The summed E-state index contributed by atoms with van der Waals surface area (Å²) in [7, 11) is 0.0556. The van der Waals surface area contributed by atoms with Gasteiger partial charge in [-0.15, -0.1) is 0 Å². The summed E-state index contributed by atoms with van der Waals surface area (Å²) in [6.07, 6.45) is 0. The van der Waals surface area contributed by atoms with E-state index in [0.717, 1.165) is 0 Å². The molecule has 0 atom stereocenters. The molecule has 0 spiro atoms. The van der Waals surface area contributed by atoms with Gasteiger partial charge in [0.2, 0.25) is 0 Å². The van der Waals surface area contributed by atoms with Gasteiger partial charge in [-0.1, -0.05) is 58.8 Å². The molecule has 0 fully saturated rings. The smallest absolute Gasteiger partial charge is 0.0713 e. The third-order valence-corrected chi connectivity index (χ3v) is 0. The summed E-state index contributed by atoms with van der Waals surface area (Å²) in [6, 6.07) is 0. The Labute approximate surface area is 73.3 Å². The molecular weight excluding hydrogens is 228 g/mol. The molecule has 0 saturated heterocycles. The predicted octanol–water partition coefficient (Wildman–Crippen LogP) is 4.97. The van der Waals surface area contributed by atoms with Crippen LogP contribution in [0.5, 0.6) is 0 Å². The molecule has 0 aliphatic carbocycles. The lowest BCUT2D eigenvalue weighted by Gasteiger charge is -1.42. The molecule has 0 nitrogen and oxygen atoms in total. The first-order chi connectivity index (χ1) is 3.83. The average molecular weight is 236 g/mol. The fraction of sp³-hybridized carbons (Fsp3) is 1.00. The lowest BCUT2D eigenvalue weighted by molar-refractivity contribution is 1.50. The van der Waals surface area contributed by atoms with Crippen LogP contribution >= 0.6 is 59.5 Å². The topological polar surface area (TPSA) is 0 Å². The molecule has 0 aliphatic rings. The summed E-state index contributed by atoms with van der Waals surface area (Å²) in [5.41, 5.74) is 0. The van der Waals surface area contributed by atoms with Gasteiger partial charge in [0, 0.05) is 0 Å². The molecule has 0 saturated carbocycles. The first kappa shape index (κ1) is 16.5. The standard InChI is InChI=1S/C2H6.2Cl2HP/c1-2;2*1-3-2/h1-2H3;2*3H. The summed E-state index contributed by atoms with van der Waals surface area (Å²) >= 11 is 19.2. The van der Waals surface area contributed by atoms with Crippen LogP contribution in [-0.2, 0) is 0 Å². The summed E-state index contributed by atoms with van der Waals surface area (Å²) in [5, 5.41) is 0. The van der Waals surface area contributed by atoms with Crippen LogP contribution in [-0.4, -0.2) is 0 Å². The minimum absolute atomic E-state index is 0.0278. The van der Waals surface area contributed by atoms with E-state index in [0.29, 0.717) is 0 Å². The maximum atomic E-state index is 4.79. The zero-order valence-corrected chi connectivity index (χ0v) is 9.54. The molecule has 0 aromatic rings. The summed E-state index contributed by atoms with van der Waals surface area (Å²) in [6.45, 7) is 4.00. The second-order valence-electron chi connectivity index (χ2n) is 0.143. The van der Waals surface area contributed by atoms with Crippen LogP contribution in [0.1, 0.15) is 13.8 Å². The van der Waals surface area contributed by atoms with Crippen molar-refractivity contribution in [2.24, 2.45) is 0 Å². The second kappa shape index (κ2) is 35.9. The van der Waals surface area contributed by atoms with Crippen LogP contribution in [0.3, 0.4) is 0 Å². The van der Waals surface area contributed by atoms with E-state index in [9.17, 15) is 0 Å². The van der Waals surface area contributed by atoms with E-state index in [-0.39, 0.29) is 14.6 Å². The number of hydrogen-bond donors (Lipinski definition) is 0. The zero-order chi connectivity index (χ0) is 7.41. The van der Waals surface area contributed by atoms with Crippen molar-refractivity contribution < 1.29 is 0 Å². The SMILES string of the molecule is CC.ClPCl.ClPCl. The highest BCUT2D eigenvalue weighted by molar-refractivity contribution is 7.90. The van der Waals surface area contributed by atoms with E-state index in [4.69, 9.17) is 45.0 Å². The Morgan fingerprint density at radius 1 is 0.750 bits per heavy atom. The first-order valence-electron chi connectivity index (χ1n) is 1.76. The van der Waals surface area contributed by atoms with Crippen molar-refractivity contribution in [2.75, 3.05) is 0 Å². The van der Waals surface area contributed by atoms with Gasteiger partial charge in [0.05, 0.1) is 14.6 Å². The monoisotopic (exact) mass is 234 g/mol. The molecule has 0 unspecified atom stereocenters. The van der Waals surface area contributed by atoms with Gasteiger partial charge in [-0.2, -0.15) is 0 Å². The fourth-order valence-electron chi connectivity index (χ4n) is 0. The van der Waals surface area contributed by atoms with Gasteiger partial charge in [0.25, 0.3) is 0 Å². The third kappa shape index (κ3) is 96.9. The van der Waals surface area contributed by atoms with Gasteiger partial charge in [0.15, 0.2) is 0 Å². The molecule has 0 amide bonds. The highest BCUT2D eigenvalue weighted by Gasteiger charge is 1.41. The molecule has 0 aromatic heterocycles. The van der Waals surface area contributed by atoms with E-state index in [1.807, 2.05) is 13.8 Å². The first-order valence-corrected chi connectivity index (χ1v) is 7.80. The second-order valence-corrected chi connectivity index (χ2v) is 3.86. The normalized spacial score (nSPS) is 5.25. The van der Waals surface area contributed by atoms with Gasteiger partial charge >= 0.3 is 0 Å². The van der Waals surface area contributed by atoms with E-state index in [2.05, 4.69) is 0 Å². The Morgan fingerprint density at radius 2 is 0.750 bits per heavy atom. The van der Waals surface area contributed by atoms with Crippen molar-refractivity contribution in [1.82, 2.24) is 0 Å². The number of halogens is 4. The van der Waals surface area contributed by atoms with Crippen LogP contribution in [0.2, 0.25) is 0 Å². The summed E-state index contributed by atoms with van der Waals surface area (Å²) < 4.78 is 0. The third-order valence-electron chi connectivity index (χ3n) is 0. The fourth-order valence-corrected chi connectivity index (χ4v) is 0. The van der Waals surface area contributed by atoms with Crippen LogP contribution in [0, 0.1) is 0 Å². The quantitative estimate of drug-likeness (QED) is 0.520. The van der Waals surface area contributed by atoms with Gasteiger partial charge in [-0.3, -0.25) is 0 Å². The highest BCUT2D eigenvalue weighted by atomic mass is 35.9. The molecule has 8 heavy (non-hydrogen) atoms. The van der Waals surface area contributed by atoms with Crippen LogP contribution in [0.15, 0.2) is 0 Å². The Bertz CT molecular complexity index is 14.0. The average Bonchev–Trinajstić information content (AvgIpc) is 1.75. The molecule has 0 bridgehead atoms. The molecule has 0 N–H and O–H groups in total. The van der Waals surface area contributed by atoms with E-state index in [1.165, 1.54) is 0 Å². The number of hydrogen-bond acceptors (Lipinski definition) is 0. The van der Waals surface area contributed by atoms with Crippen LogP contribution in [0.25, 0.3) is 0 Å². The Hall–Kier alpha value is 2.02. The van der Waals surface area contributed by atoms with Gasteiger partial charge < -0.3 is 0 Å². The number of rotatable bonds is 0. The van der Waals surface area contributed by atoms with Gasteiger partial charge in [0.1, 0.15) is 0 Å². The van der Waals surface area contributed by atoms with Crippen molar-refractivity contribution in [1.29, 1.82) is 0 Å². The lowest BCUT2D eigenvalue weighted by Crippen LogP contribution is -0.856. The van der Waals surface area contributed by atoms with Crippen molar-refractivity contribution in [3.05, 3.63) is 0 Å². The summed E-state index contributed by atoms with van der Waals surface area (Å²) in [5.74, 6) is 0. The minimum Gasteiger partial charge on any atom is -0.0818 e. The molecule has 0 rings (SSSR count). The van der Waals surface area contributed by atoms with Gasteiger partial charge in [-0.25, -0.2) is 0 Å². The zero-order valence-electron chi connectivity index (χ0n) is 4.51. The Kier molecular flexibility index (Phi) is 74.2. The lowest BCUT2D eigenvalue weighted by atomic mass is 11.0.